The van der Waals surface area contributed by atoms with Crippen LogP contribution in [0, 0.1) is 28.6 Å². The molecule has 1 heterocycles. The van der Waals surface area contributed by atoms with Crippen LogP contribution in [0.2, 0.25) is 0 Å². The molecule has 38 heavy (non-hydrogen) atoms. The molecule has 0 radical (unpaired) electrons. The molecule has 0 aromatic heterocycles. The van der Waals surface area contributed by atoms with Crippen LogP contribution in [0.1, 0.15) is 73.6 Å². The lowest BCUT2D eigenvalue weighted by Gasteiger charge is -2.65. The van der Waals surface area contributed by atoms with Gasteiger partial charge in [-0.05, 0) is 70.4 Å². The Bertz CT molecular complexity index is 1190. The first-order valence-electron chi connectivity index (χ1n) is 13.7. The number of halogens is 1. The smallest absolute Gasteiger partial charge is 0.333 e. The molecule has 2 saturated carbocycles. The number of fused-ring (bicyclic) bond motifs is 5. The Kier molecular flexibility index (Phi) is 6.37. The first-order chi connectivity index (χ1) is 17.6. The molecule has 2 fully saturated rings. The molecule has 0 bridgehead atoms. The van der Waals surface area contributed by atoms with Crippen LogP contribution in [0.25, 0.3) is 0 Å². The number of carbonyl (C=O) groups is 3. The maximum absolute atomic E-state index is 13.4. The highest BCUT2D eigenvalue weighted by molar-refractivity contribution is 6.22. The lowest BCUT2D eigenvalue weighted by atomic mass is 9.42. The molecule has 0 unspecified atom stereocenters. The van der Waals surface area contributed by atoms with Gasteiger partial charge in [-0.3, -0.25) is 9.59 Å². The number of hydrogen-bond acceptors (Lipinski definition) is 7. The number of allylic oxidation sites excluding steroid dienone is 1. The van der Waals surface area contributed by atoms with Crippen LogP contribution in [0.3, 0.4) is 0 Å². The average Bonchev–Trinajstić information content (AvgIpc) is 3.07. The van der Waals surface area contributed by atoms with Crippen molar-refractivity contribution in [2.24, 2.45) is 28.6 Å². The van der Waals surface area contributed by atoms with E-state index in [4.69, 9.17) is 21.1 Å². The summed E-state index contributed by atoms with van der Waals surface area (Å²) in [6.45, 7) is 10.8. The van der Waals surface area contributed by atoms with E-state index in [2.05, 4.69) is 0 Å². The molecular formula is C30H39ClO7. The fourth-order valence-electron chi connectivity index (χ4n) is 8.62. The monoisotopic (exact) mass is 546 g/mol. The summed E-state index contributed by atoms with van der Waals surface area (Å²) in [6, 6.07) is 0. The third-order valence-corrected chi connectivity index (χ3v) is 11.7. The summed E-state index contributed by atoms with van der Waals surface area (Å²) in [7, 11) is 0. The van der Waals surface area contributed by atoms with Crippen LogP contribution in [0.15, 0.2) is 34.9 Å². The zero-order valence-electron chi connectivity index (χ0n) is 23.0. The van der Waals surface area contributed by atoms with Crippen LogP contribution >= 0.6 is 11.6 Å². The van der Waals surface area contributed by atoms with E-state index in [0.717, 1.165) is 11.1 Å². The predicted octanol–water partition coefficient (Wildman–Crippen LogP) is 4.19. The zero-order valence-corrected chi connectivity index (χ0v) is 23.8. The number of hydrogen-bond donors (Lipinski definition) is 2. The minimum Gasteiger partial charge on any atom is -0.458 e. The van der Waals surface area contributed by atoms with E-state index in [0.29, 0.717) is 24.8 Å². The molecule has 0 aromatic carbocycles. The number of alkyl halides is 1. The molecular weight excluding hydrogens is 508 g/mol. The molecule has 1 aliphatic heterocycles. The van der Waals surface area contributed by atoms with Crippen LogP contribution < -0.4 is 0 Å². The minimum atomic E-state index is -1.55. The Morgan fingerprint density at radius 3 is 2.53 bits per heavy atom. The Morgan fingerprint density at radius 2 is 1.89 bits per heavy atom. The summed E-state index contributed by atoms with van der Waals surface area (Å²) in [5, 5.41) is 23.8. The van der Waals surface area contributed by atoms with E-state index in [1.807, 2.05) is 26.8 Å². The van der Waals surface area contributed by atoms with Gasteiger partial charge in [0.05, 0.1) is 16.4 Å². The summed E-state index contributed by atoms with van der Waals surface area (Å²) in [5.41, 5.74) is -2.49. The standard InChI is InChI=1S/C30H39ClO7/c1-15-12-22(38-26(34)16(15)2)17(3)20-14-25(37-18(4)32)30(36)21-13-23(31)29(35)10-7-8-24(33)28(29,6)19(21)9-11-27(20,30)5/h7-8,14,17,19,21-23,25,35-36H,9-13H2,1-6H3/t17-,19-,21+,22+,23-,25-,27+,28-,29+,30-/m0/s1. The van der Waals surface area contributed by atoms with E-state index in [1.165, 1.54) is 13.0 Å². The molecule has 4 aliphatic carbocycles. The molecule has 5 rings (SSSR count). The van der Waals surface area contributed by atoms with Gasteiger partial charge in [-0.15, -0.1) is 11.6 Å². The summed E-state index contributed by atoms with van der Waals surface area (Å²) < 4.78 is 11.6. The molecule has 0 saturated heterocycles. The number of aliphatic hydroxyl groups is 2. The van der Waals surface area contributed by atoms with Crippen molar-refractivity contribution in [1.29, 1.82) is 0 Å². The van der Waals surface area contributed by atoms with Gasteiger partial charge in [0.2, 0.25) is 0 Å². The molecule has 2 N–H and O–H groups in total. The largest absolute Gasteiger partial charge is 0.458 e. The minimum absolute atomic E-state index is 0.186. The number of esters is 2. The second-order valence-electron chi connectivity index (χ2n) is 12.7. The third kappa shape index (κ3) is 3.37. The van der Waals surface area contributed by atoms with E-state index < -0.39 is 51.5 Å². The van der Waals surface area contributed by atoms with Crippen molar-refractivity contribution < 1.29 is 34.1 Å². The van der Waals surface area contributed by atoms with Gasteiger partial charge in [0.15, 0.2) is 5.78 Å². The Labute approximate surface area is 229 Å². The second kappa shape index (κ2) is 8.77. The molecule has 0 amide bonds. The van der Waals surface area contributed by atoms with Crippen molar-refractivity contribution >= 4 is 29.3 Å². The summed E-state index contributed by atoms with van der Waals surface area (Å²) in [5.74, 6) is -2.15. The Balaban J connectivity index is 1.59. The van der Waals surface area contributed by atoms with Crippen molar-refractivity contribution in [1.82, 2.24) is 0 Å². The van der Waals surface area contributed by atoms with Crippen molar-refractivity contribution in [2.45, 2.75) is 102 Å². The second-order valence-corrected chi connectivity index (χ2v) is 13.2. The summed E-state index contributed by atoms with van der Waals surface area (Å²) in [4.78, 5) is 38.2. The topological polar surface area (TPSA) is 110 Å². The highest BCUT2D eigenvalue weighted by atomic mass is 35.5. The lowest BCUT2D eigenvalue weighted by molar-refractivity contribution is -0.247. The summed E-state index contributed by atoms with van der Waals surface area (Å²) >= 11 is 6.89. The quantitative estimate of drug-likeness (QED) is 0.310. The van der Waals surface area contributed by atoms with E-state index in [9.17, 15) is 24.6 Å². The predicted molar refractivity (Wildman–Crippen MR) is 141 cm³/mol. The Hall–Kier alpha value is -1.96. The van der Waals surface area contributed by atoms with E-state index >= 15 is 0 Å². The highest BCUT2D eigenvalue weighted by Crippen LogP contribution is 2.69. The van der Waals surface area contributed by atoms with Gasteiger partial charge < -0.3 is 19.7 Å². The first kappa shape index (κ1) is 27.6. The lowest BCUT2D eigenvalue weighted by Crippen LogP contribution is -2.73. The first-order valence-corrected chi connectivity index (χ1v) is 14.1. The molecule has 7 nitrogen and oxygen atoms in total. The van der Waals surface area contributed by atoms with Crippen LogP contribution in [0.4, 0.5) is 0 Å². The number of rotatable bonds is 3. The molecule has 208 valence electrons. The molecule has 0 spiro atoms. The fourth-order valence-corrected chi connectivity index (χ4v) is 9.13. The molecule has 5 aliphatic rings. The normalized spacial score (nSPS) is 47.0. The van der Waals surface area contributed by atoms with Gasteiger partial charge in [-0.25, -0.2) is 4.79 Å². The van der Waals surface area contributed by atoms with Crippen molar-refractivity contribution in [3.8, 4) is 0 Å². The van der Waals surface area contributed by atoms with Gasteiger partial charge >= 0.3 is 11.9 Å². The van der Waals surface area contributed by atoms with E-state index in [1.54, 1.807) is 19.9 Å². The highest BCUT2D eigenvalue weighted by Gasteiger charge is 2.74. The zero-order chi connectivity index (χ0) is 28.0. The number of carbonyl (C=O) groups excluding carboxylic acids is 3. The molecule has 0 aromatic rings. The maximum atomic E-state index is 13.4. The average molecular weight is 547 g/mol. The maximum Gasteiger partial charge on any atom is 0.333 e. The van der Waals surface area contributed by atoms with E-state index in [-0.39, 0.29) is 36.4 Å². The van der Waals surface area contributed by atoms with Gasteiger partial charge in [-0.1, -0.05) is 31.1 Å². The van der Waals surface area contributed by atoms with Crippen LogP contribution in [-0.4, -0.2) is 56.7 Å². The Morgan fingerprint density at radius 1 is 1.21 bits per heavy atom. The van der Waals surface area contributed by atoms with Crippen molar-refractivity contribution in [2.75, 3.05) is 0 Å². The fraction of sp³-hybridized carbons (Fsp3) is 0.700. The molecule has 8 heteroatoms. The van der Waals surface area contributed by atoms with Gasteiger partial charge in [0.25, 0.3) is 0 Å². The van der Waals surface area contributed by atoms with Crippen LogP contribution in [-0.2, 0) is 23.9 Å². The van der Waals surface area contributed by atoms with Gasteiger partial charge in [0, 0.05) is 30.3 Å². The van der Waals surface area contributed by atoms with Crippen molar-refractivity contribution in [3.63, 3.8) is 0 Å². The summed E-state index contributed by atoms with van der Waals surface area (Å²) in [6.07, 6.45) is 5.93. The number of ether oxygens (including phenoxy) is 2. The number of cyclic esters (lactones) is 1. The third-order valence-electron chi connectivity index (χ3n) is 11.2. The molecule has 10 atom stereocenters. The van der Waals surface area contributed by atoms with Gasteiger partial charge in [-0.2, -0.15) is 0 Å². The van der Waals surface area contributed by atoms with Crippen LogP contribution in [0.5, 0.6) is 0 Å². The SMILES string of the molecule is CC(=O)O[C@H]1C=C([C@H](C)[C@H]2CC(C)=C(C)C(=O)O2)[C@@]2(C)CC[C@H]3[C@@H](C[C@H](Cl)[C@]4(O)CC=CC(=O)[C@]34C)[C@]12O. The van der Waals surface area contributed by atoms with Gasteiger partial charge in [0.1, 0.15) is 17.8 Å². The van der Waals surface area contributed by atoms with Crippen molar-refractivity contribution in [3.05, 3.63) is 34.9 Å². The number of ketones is 1.